The maximum atomic E-state index is 11.9. The normalized spacial score (nSPS) is 10.6. The van der Waals surface area contributed by atoms with Gasteiger partial charge in [0.25, 0.3) is 5.91 Å². The average molecular weight is 331 g/mol. The van der Waals surface area contributed by atoms with E-state index in [-0.39, 0.29) is 12.5 Å². The molecule has 1 aromatic heterocycles. The lowest BCUT2D eigenvalue weighted by molar-refractivity contribution is -0.123. The van der Waals surface area contributed by atoms with Crippen LogP contribution in [0.2, 0.25) is 0 Å². The number of pyridine rings is 1. The predicted octanol–water partition coefficient (Wildman–Crippen LogP) is 3.28. The summed E-state index contributed by atoms with van der Waals surface area (Å²) in [6.45, 7) is -0.117. The molecule has 0 fully saturated rings. The fourth-order valence-corrected chi connectivity index (χ4v) is 2.26. The molecule has 0 spiro atoms. The first-order valence-corrected chi connectivity index (χ1v) is 7.82. The summed E-state index contributed by atoms with van der Waals surface area (Å²) in [5.41, 5.74) is 5.22. The fraction of sp³-hybridized carbons (Fsp3) is 0.0500. The second-order valence-corrected chi connectivity index (χ2v) is 5.23. The second kappa shape index (κ2) is 8.40. The van der Waals surface area contributed by atoms with E-state index in [0.29, 0.717) is 5.75 Å². The van der Waals surface area contributed by atoms with Gasteiger partial charge >= 0.3 is 0 Å². The molecular weight excluding hydrogens is 314 g/mol. The van der Waals surface area contributed by atoms with Gasteiger partial charge in [-0.1, -0.05) is 54.6 Å². The number of carbonyl (C=O) groups is 1. The smallest absolute Gasteiger partial charge is 0.277 e. The molecule has 0 aliphatic heterocycles. The van der Waals surface area contributed by atoms with E-state index in [1.807, 2.05) is 60.7 Å². The molecule has 3 rings (SSSR count). The highest BCUT2D eigenvalue weighted by atomic mass is 16.5. The van der Waals surface area contributed by atoms with Crippen LogP contribution in [0.25, 0.3) is 11.1 Å². The number of amides is 1. The van der Waals surface area contributed by atoms with E-state index in [1.165, 1.54) is 6.21 Å². The molecule has 0 aliphatic carbocycles. The van der Waals surface area contributed by atoms with Gasteiger partial charge in [0, 0.05) is 23.5 Å². The summed E-state index contributed by atoms with van der Waals surface area (Å²) in [6, 6.07) is 21.1. The molecule has 0 saturated carbocycles. The van der Waals surface area contributed by atoms with Gasteiger partial charge in [-0.05, 0) is 17.7 Å². The van der Waals surface area contributed by atoms with Gasteiger partial charge in [0.15, 0.2) is 6.61 Å². The first-order chi connectivity index (χ1) is 12.3. The summed E-state index contributed by atoms with van der Waals surface area (Å²) in [4.78, 5) is 15.9. The molecule has 0 bridgehead atoms. The highest BCUT2D eigenvalue weighted by Crippen LogP contribution is 2.29. The fourth-order valence-electron chi connectivity index (χ4n) is 2.26. The first kappa shape index (κ1) is 16.4. The minimum atomic E-state index is -0.331. The third kappa shape index (κ3) is 4.75. The number of nitrogens with zero attached hydrogens (tertiary/aromatic N) is 2. The lowest BCUT2D eigenvalue weighted by Gasteiger charge is -2.10. The number of ether oxygens (including phenoxy) is 1. The number of hydrogen-bond acceptors (Lipinski definition) is 4. The highest BCUT2D eigenvalue weighted by molar-refractivity contribution is 5.82. The maximum Gasteiger partial charge on any atom is 0.277 e. The van der Waals surface area contributed by atoms with Crippen molar-refractivity contribution in [1.29, 1.82) is 0 Å². The van der Waals surface area contributed by atoms with Crippen LogP contribution in [0.1, 0.15) is 5.56 Å². The number of aromatic nitrogens is 1. The molecule has 5 heteroatoms. The summed E-state index contributed by atoms with van der Waals surface area (Å²) < 4.78 is 5.66. The lowest BCUT2D eigenvalue weighted by Crippen LogP contribution is -2.24. The van der Waals surface area contributed by atoms with Gasteiger partial charge < -0.3 is 4.74 Å². The minimum absolute atomic E-state index is 0.117. The van der Waals surface area contributed by atoms with Crippen molar-refractivity contribution < 1.29 is 9.53 Å². The van der Waals surface area contributed by atoms with Crippen LogP contribution in [0.5, 0.6) is 5.75 Å². The Kier molecular flexibility index (Phi) is 5.51. The van der Waals surface area contributed by atoms with Gasteiger partial charge in [-0.2, -0.15) is 5.10 Å². The number of rotatable bonds is 6. The van der Waals surface area contributed by atoms with Gasteiger partial charge in [-0.3, -0.25) is 9.78 Å². The molecule has 0 saturated heterocycles. The van der Waals surface area contributed by atoms with Gasteiger partial charge in [-0.25, -0.2) is 5.43 Å². The number of hydrogen-bond donors (Lipinski definition) is 1. The van der Waals surface area contributed by atoms with Crippen molar-refractivity contribution in [2.75, 3.05) is 6.61 Å². The van der Waals surface area contributed by atoms with Crippen LogP contribution in [-0.2, 0) is 4.79 Å². The van der Waals surface area contributed by atoms with Crippen molar-refractivity contribution in [3.8, 4) is 16.9 Å². The van der Waals surface area contributed by atoms with E-state index in [2.05, 4.69) is 15.5 Å². The molecule has 3 aromatic rings. The van der Waals surface area contributed by atoms with Crippen LogP contribution in [0.4, 0.5) is 0 Å². The SMILES string of the molecule is O=C(COc1ccccc1-c1ccccc1)NN=Cc1cccnc1. The first-order valence-electron chi connectivity index (χ1n) is 7.82. The highest BCUT2D eigenvalue weighted by Gasteiger charge is 2.07. The number of benzene rings is 2. The molecule has 1 amide bonds. The zero-order valence-corrected chi connectivity index (χ0v) is 13.5. The Morgan fingerprint density at radius 1 is 1.04 bits per heavy atom. The molecule has 5 nitrogen and oxygen atoms in total. The quantitative estimate of drug-likeness (QED) is 0.557. The average Bonchev–Trinajstić information content (AvgIpc) is 2.68. The third-order valence-electron chi connectivity index (χ3n) is 3.42. The number of nitrogens with one attached hydrogen (secondary N) is 1. The van der Waals surface area contributed by atoms with Gasteiger partial charge in [0.2, 0.25) is 0 Å². The monoisotopic (exact) mass is 331 g/mol. The van der Waals surface area contributed by atoms with E-state index in [4.69, 9.17) is 4.74 Å². The van der Waals surface area contributed by atoms with Crippen molar-refractivity contribution in [2.45, 2.75) is 0 Å². The van der Waals surface area contributed by atoms with E-state index in [1.54, 1.807) is 18.5 Å². The van der Waals surface area contributed by atoms with Crippen molar-refractivity contribution >= 4 is 12.1 Å². The Morgan fingerprint density at radius 3 is 2.64 bits per heavy atom. The molecule has 124 valence electrons. The summed E-state index contributed by atoms with van der Waals surface area (Å²) >= 11 is 0. The van der Waals surface area contributed by atoms with Crippen molar-refractivity contribution in [3.63, 3.8) is 0 Å². The van der Waals surface area contributed by atoms with E-state index >= 15 is 0 Å². The Hall–Kier alpha value is -3.47. The standard InChI is InChI=1S/C20H17N3O2/c24-20(23-22-14-16-7-6-12-21-13-16)15-25-19-11-5-4-10-18(19)17-8-2-1-3-9-17/h1-14H,15H2,(H,23,24). The summed E-state index contributed by atoms with van der Waals surface area (Å²) in [7, 11) is 0. The zero-order valence-electron chi connectivity index (χ0n) is 13.5. The minimum Gasteiger partial charge on any atom is -0.483 e. The van der Waals surface area contributed by atoms with Crippen LogP contribution in [-0.4, -0.2) is 23.7 Å². The van der Waals surface area contributed by atoms with Crippen LogP contribution in [0.3, 0.4) is 0 Å². The molecule has 0 unspecified atom stereocenters. The van der Waals surface area contributed by atoms with Gasteiger partial charge in [0.05, 0.1) is 6.21 Å². The Morgan fingerprint density at radius 2 is 1.84 bits per heavy atom. The summed E-state index contributed by atoms with van der Waals surface area (Å²) in [6.07, 6.45) is 4.86. The Bertz CT molecular complexity index is 849. The van der Waals surface area contributed by atoms with E-state index in [0.717, 1.165) is 16.7 Å². The van der Waals surface area contributed by atoms with Crippen molar-refractivity contribution in [2.24, 2.45) is 5.10 Å². The Labute approximate surface area is 146 Å². The van der Waals surface area contributed by atoms with Gasteiger partial charge in [0.1, 0.15) is 5.75 Å². The molecule has 25 heavy (non-hydrogen) atoms. The van der Waals surface area contributed by atoms with Crippen molar-refractivity contribution in [3.05, 3.63) is 84.7 Å². The van der Waals surface area contributed by atoms with Crippen LogP contribution < -0.4 is 10.2 Å². The van der Waals surface area contributed by atoms with E-state index in [9.17, 15) is 4.79 Å². The Balaban J connectivity index is 1.59. The summed E-state index contributed by atoms with van der Waals surface area (Å²) in [5.74, 6) is 0.322. The molecular formula is C20H17N3O2. The van der Waals surface area contributed by atoms with Gasteiger partial charge in [-0.15, -0.1) is 0 Å². The molecule has 0 radical (unpaired) electrons. The molecule has 2 aromatic carbocycles. The largest absolute Gasteiger partial charge is 0.483 e. The topological polar surface area (TPSA) is 63.6 Å². The molecule has 1 N–H and O–H groups in total. The number of para-hydroxylation sites is 1. The zero-order chi connectivity index (χ0) is 17.3. The predicted molar refractivity (Wildman–Crippen MR) is 97.3 cm³/mol. The van der Waals surface area contributed by atoms with Crippen molar-refractivity contribution in [1.82, 2.24) is 10.4 Å². The third-order valence-corrected chi connectivity index (χ3v) is 3.42. The van der Waals surface area contributed by atoms with Crippen LogP contribution in [0, 0.1) is 0 Å². The molecule has 1 heterocycles. The lowest BCUT2D eigenvalue weighted by atomic mass is 10.1. The van der Waals surface area contributed by atoms with E-state index < -0.39 is 0 Å². The van der Waals surface area contributed by atoms with Crippen LogP contribution >= 0.6 is 0 Å². The number of carbonyl (C=O) groups excluding carboxylic acids is 1. The van der Waals surface area contributed by atoms with Crippen LogP contribution in [0.15, 0.2) is 84.2 Å². The molecule has 0 aliphatic rings. The summed E-state index contributed by atoms with van der Waals surface area (Å²) in [5, 5.41) is 3.89. The number of hydrazone groups is 1. The maximum absolute atomic E-state index is 11.9. The second-order valence-electron chi connectivity index (χ2n) is 5.23. The molecule has 0 atom stereocenters.